The van der Waals surface area contributed by atoms with Crippen molar-refractivity contribution in [3.8, 4) is 12.3 Å². The summed E-state index contributed by atoms with van der Waals surface area (Å²) in [5.74, 6) is 2.78. The smallest absolute Gasteiger partial charge is 0.128 e. The molecule has 0 spiro atoms. The lowest BCUT2D eigenvalue weighted by Crippen LogP contribution is -2.40. The maximum Gasteiger partial charge on any atom is 0.128 e. The Morgan fingerprint density at radius 3 is 2.53 bits per heavy atom. The van der Waals surface area contributed by atoms with Gasteiger partial charge in [-0.3, -0.25) is 0 Å². The molecule has 1 aliphatic carbocycles. The van der Waals surface area contributed by atoms with Crippen LogP contribution in [-0.4, -0.2) is 36.0 Å². The first kappa shape index (κ1) is 14.5. The lowest BCUT2D eigenvalue weighted by molar-refractivity contribution is -0.0632. The van der Waals surface area contributed by atoms with Gasteiger partial charge < -0.3 is 15.2 Å². The van der Waals surface area contributed by atoms with E-state index in [1.54, 1.807) is 0 Å². The van der Waals surface area contributed by atoms with E-state index in [0.717, 1.165) is 25.7 Å². The normalized spacial score (nSPS) is 21.1. The summed E-state index contributed by atoms with van der Waals surface area (Å²) in [4.78, 5) is 0. The average Bonchev–Trinajstić information content (AvgIpc) is 2.35. The molecule has 2 N–H and O–H groups in total. The Kier molecular flexibility index (Phi) is 5.97. The van der Waals surface area contributed by atoms with Crippen LogP contribution in [0.25, 0.3) is 0 Å². The van der Waals surface area contributed by atoms with Gasteiger partial charge in [0.1, 0.15) is 5.60 Å². The molecule has 3 heteroatoms. The van der Waals surface area contributed by atoms with Crippen LogP contribution >= 0.6 is 0 Å². The lowest BCUT2D eigenvalue weighted by atomic mass is 9.85. The maximum atomic E-state index is 9.78. The first-order valence-electron chi connectivity index (χ1n) is 6.61. The highest BCUT2D eigenvalue weighted by atomic mass is 16.5. The molecule has 0 saturated heterocycles. The third-order valence-electron chi connectivity index (χ3n) is 3.24. The number of terminal acetylenes is 1. The van der Waals surface area contributed by atoms with Crippen molar-refractivity contribution in [3.05, 3.63) is 0 Å². The minimum Gasteiger partial charge on any atom is -0.389 e. The average molecular weight is 239 g/mol. The lowest BCUT2D eigenvalue weighted by Gasteiger charge is -2.33. The van der Waals surface area contributed by atoms with Crippen molar-refractivity contribution in [2.45, 2.75) is 63.7 Å². The summed E-state index contributed by atoms with van der Waals surface area (Å²) < 4.78 is 5.79. The largest absolute Gasteiger partial charge is 0.389 e. The number of nitrogens with one attached hydrogen (secondary N) is 1. The van der Waals surface area contributed by atoms with Gasteiger partial charge in [0, 0.05) is 12.6 Å². The van der Waals surface area contributed by atoms with Gasteiger partial charge >= 0.3 is 0 Å². The molecule has 98 valence electrons. The fourth-order valence-electron chi connectivity index (χ4n) is 2.14. The maximum absolute atomic E-state index is 9.78. The van der Waals surface area contributed by atoms with Crippen molar-refractivity contribution in [3.63, 3.8) is 0 Å². The van der Waals surface area contributed by atoms with Crippen LogP contribution in [0.5, 0.6) is 0 Å². The second kappa shape index (κ2) is 7.00. The van der Waals surface area contributed by atoms with Crippen LogP contribution in [0.2, 0.25) is 0 Å². The predicted octanol–water partition coefficient (Wildman–Crippen LogP) is 1.70. The summed E-state index contributed by atoms with van der Waals surface area (Å²) in [6.45, 7) is 4.98. The summed E-state index contributed by atoms with van der Waals surface area (Å²) in [6.07, 6.45) is 10.4. The summed E-state index contributed by atoms with van der Waals surface area (Å²) in [5, 5.41) is 13.0. The molecule has 1 unspecified atom stereocenters. The van der Waals surface area contributed by atoms with E-state index < -0.39 is 11.7 Å². The highest BCUT2D eigenvalue weighted by molar-refractivity contribution is 5.09. The Balaban J connectivity index is 2.30. The highest BCUT2D eigenvalue weighted by Gasteiger charge is 2.31. The summed E-state index contributed by atoms with van der Waals surface area (Å²) in [6, 6.07) is 0.376. The van der Waals surface area contributed by atoms with Crippen LogP contribution in [0.3, 0.4) is 0 Å². The molecule has 0 bridgehead atoms. The monoisotopic (exact) mass is 239 g/mol. The van der Waals surface area contributed by atoms with Gasteiger partial charge in [0.2, 0.25) is 0 Å². The minimum atomic E-state index is -0.482. The Hall–Kier alpha value is -0.560. The molecule has 0 heterocycles. The van der Waals surface area contributed by atoms with Crippen molar-refractivity contribution >= 4 is 0 Å². The van der Waals surface area contributed by atoms with E-state index in [0.29, 0.717) is 19.2 Å². The molecule has 1 fully saturated rings. The fraction of sp³-hybridized carbons (Fsp3) is 0.857. The Labute approximate surface area is 105 Å². The second-order valence-corrected chi connectivity index (χ2v) is 5.23. The molecule has 1 aliphatic rings. The second-order valence-electron chi connectivity index (χ2n) is 5.23. The third kappa shape index (κ3) is 5.08. The van der Waals surface area contributed by atoms with Gasteiger partial charge in [0.15, 0.2) is 0 Å². The zero-order chi connectivity index (χ0) is 12.7. The van der Waals surface area contributed by atoms with Crippen LogP contribution in [0, 0.1) is 12.3 Å². The molecule has 0 amide bonds. The summed E-state index contributed by atoms with van der Waals surface area (Å²) >= 11 is 0. The van der Waals surface area contributed by atoms with E-state index in [4.69, 9.17) is 11.2 Å². The van der Waals surface area contributed by atoms with Crippen molar-refractivity contribution in [1.29, 1.82) is 0 Å². The van der Waals surface area contributed by atoms with Crippen LogP contribution < -0.4 is 5.32 Å². The van der Waals surface area contributed by atoms with E-state index >= 15 is 0 Å². The molecule has 1 rings (SSSR count). The predicted molar refractivity (Wildman–Crippen MR) is 69.7 cm³/mol. The van der Waals surface area contributed by atoms with Gasteiger partial charge in [-0.2, -0.15) is 0 Å². The summed E-state index contributed by atoms with van der Waals surface area (Å²) in [5.41, 5.74) is -0.420. The number of hydrogen-bond donors (Lipinski definition) is 2. The van der Waals surface area contributed by atoms with Crippen LogP contribution in [0.1, 0.15) is 46.0 Å². The molecule has 1 atom stereocenters. The van der Waals surface area contributed by atoms with Gasteiger partial charge in [-0.25, -0.2) is 0 Å². The SMILES string of the molecule is C#CC1(OCC(O)CNC(C)C)CCCCC1. The van der Waals surface area contributed by atoms with Gasteiger partial charge in [-0.05, 0) is 25.7 Å². The molecule has 0 aromatic rings. The molecule has 0 aliphatic heterocycles. The van der Waals surface area contributed by atoms with Crippen LogP contribution in [-0.2, 0) is 4.74 Å². The number of aliphatic hydroxyl groups is 1. The minimum absolute atomic E-state index is 0.323. The van der Waals surface area contributed by atoms with E-state index in [1.807, 2.05) is 0 Å². The van der Waals surface area contributed by atoms with Crippen LogP contribution in [0.4, 0.5) is 0 Å². The first-order chi connectivity index (χ1) is 8.08. The van der Waals surface area contributed by atoms with Gasteiger partial charge in [-0.15, -0.1) is 6.42 Å². The molecule has 1 saturated carbocycles. The zero-order valence-electron chi connectivity index (χ0n) is 11.0. The summed E-state index contributed by atoms with van der Waals surface area (Å²) in [7, 11) is 0. The van der Waals surface area contributed by atoms with Gasteiger partial charge in [0.25, 0.3) is 0 Å². The molecule has 0 aromatic carbocycles. The number of rotatable bonds is 6. The van der Waals surface area contributed by atoms with Gasteiger partial charge in [-0.1, -0.05) is 26.2 Å². The number of hydrogen-bond acceptors (Lipinski definition) is 3. The van der Waals surface area contributed by atoms with Crippen molar-refractivity contribution < 1.29 is 9.84 Å². The number of aliphatic hydroxyl groups excluding tert-OH is 1. The molecule has 0 aromatic heterocycles. The van der Waals surface area contributed by atoms with Crippen molar-refractivity contribution in [1.82, 2.24) is 5.32 Å². The topological polar surface area (TPSA) is 41.5 Å². The quantitative estimate of drug-likeness (QED) is 0.693. The zero-order valence-corrected chi connectivity index (χ0v) is 11.0. The standard InChI is InChI=1S/C14H25NO2/c1-4-14(8-6-5-7-9-14)17-11-13(16)10-15-12(2)3/h1,12-13,15-16H,5-11H2,2-3H3. The van der Waals surface area contributed by atoms with E-state index in [9.17, 15) is 5.11 Å². The number of ether oxygens (including phenoxy) is 1. The Bertz CT molecular complexity index is 251. The third-order valence-corrected chi connectivity index (χ3v) is 3.24. The fourth-order valence-corrected chi connectivity index (χ4v) is 2.14. The Morgan fingerprint density at radius 2 is 2.00 bits per heavy atom. The van der Waals surface area contributed by atoms with Crippen LogP contribution in [0.15, 0.2) is 0 Å². The van der Waals surface area contributed by atoms with Crippen molar-refractivity contribution in [2.75, 3.05) is 13.2 Å². The highest BCUT2D eigenvalue weighted by Crippen LogP contribution is 2.30. The molecular weight excluding hydrogens is 214 g/mol. The van der Waals surface area contributed by atoms with E-state index in [2.05, 4.69) is 25.1 Å². The molecular formula is C14H25NO2. The van der Waals surface area contributed by atoms with E-state index in [-0.39, 0.29) is 0 Å². The molecule has 17 heavy (non-hydrogen) atoms. The van der Waals surface area contributed by atoms with E-state index in [1.165, 1.54) is 6.42 Å². The van der Waals surface area contributed by atoms with Gasteiger partial charge in [0.05, 0.1) is 12.7 Å². The van der Waals surface area contributed by atoms with Crippen molar-refractivity contribution in [2.24, 2.45) is 0 Å². The first-order valence-corrected chi connectivity index (χ1v) is 6.61. The molecule has 0 radical (unpaired) electrons. The Morgan fingerprint density at radius 1 is 1.35 bits per heavy atom. The molecule has 3 nitrogen and oxygen atoms in total.